The number of rotatable bonds is 9. The summed E-state index contributed by atoms with van der Waals surface area (Å²) in [4.78, 5) is 11.2. The molecular formula is C27H39NO4. The summed E-state index contributed by atoms with van der Waals surface area (Å²) in [5, 5.41) is 10.6. The van der Waals surface area contributed by atoms with Crippen LogP contribution in [-0.2, 0) is 14.3 Å². The molecule has 2 aliphatic rings. The minimum Gasteiger partial charge on any atom is -0.455 e. The highest BCUT2D eigenvalue weighted by Crippen LogP contribution is 2.27. The van der Waals surface area contributed by atoms with E-state index in [-0.39, 0.29) is 36.2 Å². The molecule has 2 aliphatic heterocycles. The Labute approximate surface area is 193 Å². The van der Waals surface area contributed by atoms with E-state index >= 15 is 0 Å². The molecule has 0 spiro atoms. The zero-order valence-electron chi connectivity index (χ0n) is 19.8. The first kappa shape index (κ1) is 26.0. The number of esters is 1. The van der Waals surface area contributed by atoms with Gasteiger partial charge in [-0.3, -0.25) is 0 Å². The summed E-state index contributed by atoms with van der Waals surface area (Å²) in [6.45, 7) is 8.30. The first-order valence-corrected chi connectivity index (χ1v) is 11.6. The van der Waals surface area contributed by atoms with E-state index in [2.05, 4.69) is 26.8 Å². The molecule has 0 aromatic carbocycles. The van der Waals surface area contributed by atoms with Crippen LogP contribution in [0.2, 0.25) is 0 Å². The number of aliphatic hydroxyl groups is 1. The van der Waals surface area contributed by atoms with E-state index < -0.39 is 6.10 Å². The molecule has 176 valence electrons. The zero-order valence-corrected chi connectivity index (χ0v) is 19.8. The molecule has 1 fully saturated rings. The second-order valence-electron chi connectivity index (χ2n) is 8.88. The van der Waals surface area contributed by atoms with Crippen molar-refractivity contribution in [1.29, 1.82) is 0 Å². The number of aliphatic hydroxyl groups excluding tert-OH is 1. The van der Waals surface area contributed by atoms with Crippen molar-refractivity contribution < 1.29 is 19.4 Å². The highest BCUT2D eigenvalue weighted by atomic mass is 16.5. The van der Waals surface area contributed by atoms with Crippen LogP contribution in [0.25, 0.3) is 0 Å². The Morgan fingerprint density at radius 1 is 1.28 bits per heavy atom. The van der Waals surface area contributed by atoms with Gasteiger partial charge < -0.3 is 20.3 Å². The third-order valence-electron chi connectivity index (χ3n) is 5.89. The van der Waals surface area contributed by atoms with Crippen molar-refractivity contribution in [1.82, 2.24) is 0 Å². The SMILES string of the molecule is C/C=C/[C@@H]1O[C@H]([C@H](O)/C=C/C=C(\C)C[C@@H](C)/C=C\C=C\[C@H]2CC=CC(=O)O2)CC(N)[C@@H]1C. The largest absolute Gasteiger partial charge is 0.455 e. The van der Waals surface area contributed by atoms with Gasteiger partial charge in [0, 0.05) is 24.5 Å². The van der Waals surface area contributed by atoms with Crippen molar-refractivity contribution in [2.45, 2.75) is 77.4 Å². The normalized spacial score (nSPS) is 31.8. The molecule has 2 rings (SSSR count). The molecule has 1 saturated heterocycles. The number of allylic oxidation sites excluding steroid dienone is 7. The quantitative estimate of drug-likeness (QED) is 0.311. The smallest absolute Gasteiger partial charge is 0.331 e. The molecule has 0 saturated carbocycles. The van der Waals surface area contributed by atoms with Gasteiger partial charge in [-0.15, -0.1) is 0 Å². The lowest BCUT2D eigenvalue weighted by atomic mass is 9.87. The summed E-state index contributed by atoms with van der Waals surface area (Å²) in [5.74, 6) is 0.317. The third kappa shape index (κ3) is 8.73. The average molecular weight is 442 g/mol. The molecule has 0 aromatic rings. The van der Waals surface area contributed by atoms with E-state index in [1.807, 2.05) is 55.5 Å². The average Bonchev–Trinajstić information content (AvgIpc) is 2.74. The van der Waals surface area contributed by atoms with Crippen molar-refractivity contribution in [2.24, 2.45) is 17.6 Å². The third-order valence-corrected chi connectivity index (χ3v) is 5.89. The number of hydrogen-bond acceptors (Lipinski definition) is 5. The molecular weight excluding hydrogens is 402 g/mol. The molecule has 1 unspecified atom stereocenters. The molecule has 5 heteroatoms. The molecule has 0 bridgehead atoms. The summed E-state index contributed by atoms with van der Waals surface area (Å²) in [5.41, 5.74) is 7.48. The Balaban J connectivity index is 1.79. The maximum atomic E-state index is 11.2. The van der Waals surface area contributed by atoms with Gasteiger partial charge in [-0.2, -0.15) is 0 Å². The van der Waals surface area contributed by atoms with Crippen LogP contribution < -0.4 is 5.73 Å². The second kappa shape index (κ2) is 13.4. The van der Waals surface area contributed by atoms with Gasteiger partial charge in [0.05, 0.1) is 18.3 Å². The van der Waals surface area contributed by atoms with E-state index in [0.29, 0.717) is 12.3 Å². The number of nitrogens with two attached hydrogens (primary N) is 1. The van der Waals surface area contributed by atoms with Crippen LogP contribution in [0.5, 0.6) is 0 Å². The van der Waals surface area contributed by atoms with Crippen molar-refractivity contribution >= 4 is 5.97 Å². The van der Waals surface area contributed by atoms with Gasteiger partial charge in [0.2, 0.25) is 0 Å². The summed E-state index contributed by atoms with van der Waals surface area (Å²) in [7, 11) is 0. The van der Waals surface area contributed by atoms with Gasteiger partial charge in [-0.1, -0.05) is 74.1 Å². The Bertz CT molecular complexity index is 777. The van der Waals surface area contributed by atoms with E-state index in [1.165, 1.54) is 11.6 Å². The number of cyclic esters (lactones) is 1. The van der Waals surface area contributed by atoms with E-state index in [1.54, 1.807) is 6.08 Å². The van der Waals surface area contributed by atoms with E-state index in [4.69, 9.17) is 15.2 Å². The standard InChI is InChI=1S/C27H39NO4/c1-5-10-25-21(4)23(28)18-26(32-25)24(29)15-8-12-20(3)17-19(2)11-6-7-13-22-14-9-16-27(30)31-22/h5-13,15-16,19,21-26,29H,14,17-18,28H2,1-4H3/b10-5+,11-6-,13-7+,15-8+,20-12+/t19-,21-,22-,23?,24+,25-,26-/m0/s1. The summed E-state index contributed by atoms with van der Waals surface area (Å²) < 4.78 is 11.3. The van der Waals surface area contributed by atoms with Crippen molar-refractivity contribution in [3.8, 4) is 0 Å². The molecule has 3 N–H and O–H groups in total. The fraction of sp³-hybridized carbons (Fsp3) is 0.519. The fourth-order valence-electron chi connectivity index (χ4n) is 3.93. The number of hydrogen-bond donors (Lipinski definition) is 2. The molecule has 0 aliphatic carbocycles. The first-order chi connectivity index (χ1) is 15.3. The van der Waals surface area contributed by atoms with Crippen LogP contribution >= 0.6 is 0 Å². The van der Waals surface area contributed by atoms with Gasteiger partial charge >= 0.3 is 5.97 Å². The van der Waals surface area contributed by atoms with Crippen LogP contribution in [0.4, 0.5) is 0 Å². The minimum absolute atomic E-state index is 0.0126. The zero-order chi connectivity index (χ0) is 23.5. The van der Waals surface area contributed by atoms with Crippen LogP contribution in [0.3, 0.4) is 0 Å². The predicted octanol–water partition coefficient (Wildman–Crippen LogP) is 4.56. The Kier molecular flexibility index (Phi) is 10.9. The number of carbonyl (C=O) groups excluding carboxylic acids is 1. The molecule has 32 heavy (non-hydrogen) atoms. The van der Waals surface area contributed by atoms with Gasteiger partial charge in [0.15, 0.2) is 0 Å². The minimum atomic E-state index is -0.684. The molecule has 0 radical (unpaired) electrons. The maximum absolute atomic E-state index is 11.2. The van der Waals surface area contributed by atoms with Crippen LogP contribution in [-0.4, -0.2) is 41.5 Å². The van der Waals surface area contributed by atoms with Gasteiger partial charge in [-0.05, 0) is 38.7 Å². The maximum Gasteiger partial charge on any atom is 0.331 e. The van der Waals surface area contributed by atoms with Crippen LogP contribution in [0.15, 0.2) is 72.4 Å². The van der Waals surface area contributed by atoms with E-state index in [0.717, 1.165) is 12.8 Å². The molecule has 0 amide bonds. The van der Waals surface area contributed by atoms with E-state index in [9.17, 15) is 9.90 Å². The summed E-state index contributed by atoms with van der Waals surface area (Å²) >= 11 is 0. The Hall–Kier alpha value is -2.21. The van der Waals surface area contributed by atoms with Crippen LogP contribution in [0.1, 0.15) is 47.0 Å². The van der Waals surface area contributed by atoms with Crippen molar-refractivity contribution in [3.05, 3.63) is 72.4 Å². The molecule has 2 heterocycles. The predicted molar refractivity (Wildman–Crippen MR) is 130 cm³/mol. The van der Waals surface area contributed by atoms with Crippen molar-refractivity contribution in [2.75, 3.05) is 0 Å². The Morgan fingerprint density at radius 3 is 2.78 bits per heavy atom. The highest BCUT2D eigenvalue weighted by molar-refractivity contribution is 5.82. The summed E-state index contributed by atoms with van der Waals surface area (Å²) in [6.07, 6.45) is 22.0. The monoisotopic (exact) mass is 441 g/mol. The second-order valence-corrected chi connectivity index (χ2v) is 8.88. The van der Waals surface area contributed by atoms with Crippen molar-refractivity contribution in [3.63, 3.8) is 0 Å². The summed E-state index contributed by atoms with van der Waals surface area (Å²) in [6, 6.07) is 0.0126. The highest BCUT2D eigenvalue weighted by Gasteiger charge is 2.35. The lowest BCUT2D eigenvalue weighted by Crippen LogP contribution is -2.49. The topological polar surface area (TPSA) is 81.8 Å². The lowest BCUT2D eigenvalue weighted by molar-refractivity contribution is -0.141. The molecule has 7 atom stereocenters. The molecule has 5 nitrogen and oxygen atoms in total. The van der Waals surface area contributed by atoms with Gasteiger partial charge in [0.1, 0.15) is 6.10 Å². The van der Waals surface area contributed by atoms with Gasteiger partial charge in [-0.25, -0.2) is 4.79 Å². The number of carbonyl (C=O) groups is 1. The first-order valence-electron chi connectivity index (χ1n) is 11.6. The fourth-order valence-corrected chi connectivity index (χ4v) is 3.93. The molecule has 0 aromatic heterocycles. The van der Waals surface area contributed by atoms with Gasteiger partial charge in [0.25, 0.3) is 0 Å². The lowest BCUT2D eigenvalue weighted by Gasteiger charge is -2.39. The Morgan fingerprint density at radius 2 is 2.06 bits per heavy atom. The number of ether oxygens (including phenoxy) is 2. The van der Waals surface area contributed by atoms with Crippen LogP contribution in [0, 0.1) is 11.8 Å².